The van der Waals surface area contributed by atoms with E-state index in [1.54, 1.807) is 24.3 Å². The monoisotopic (exact) mass is 400 g/mol. The first-order chi connectivity index (χ1) is 13.9. The number of aromatic nitrogens is 2. The number of carbonyl (C=O) groups excluding carboxylic acids is 2. The van der Waals surface area contributed by atoms with Crippen molar-refractivity contribution in [1.29, 1.82) is 0 Å². The Morgan fingerprint density at radius 2 is 1.83 bits per heavy atom. The number of nitrogens with one attached hydrogen (secondary N) is 2. The number of anilines is 1. The van der Waals surface area contributed by atoms with E-state index in [1.165, 1.54) is 17.7 Å². The molecule has 0 saturated carbocycles. The van der Waals surface area contributed by atoms with E-state index in [2.05, 4.69) is 15.6 Å². The zero-order valence-electron chi connectivity index (χ0n) is 15.5. The Balaban J connectivity index is 1.91. The molecule has 0 bridgehead atoms. The van der Waals surface area contributed by atoms with E-state index in [0.29, 0.717) is 11.0 Å². The minimum atomic E-state index is -1.09. The number of para-hydroxylation sites is 2. The maximum atomic E-state index is 13.3. The second-order valence-corrected chi connectivity index (χ2v) is 6.29. The van der Waals surface area contributed by atoms with Crippen LogP contribution in [-0.4, -0.2) is 28.4 Å². The van der Waals surface area contributed by atoms with Gasteiger partial charge in [0, 0.05) is 31.6 Å². The highest BCUT2D eigenvalue weighted by atomic mass is 19.2. The third-order valence-electron chi connectivity index (χ3n) is 4.29. The molecular weight excluding hydrogens is 382 g/mol. The lowest BCUT2D eigenvalue weighted by molar-refractivity contribution is -0.120. The summed E-state index contributed by atoms with van der Waals surface area (Å²) in [6.45, 7) is -0.353. The molecule has 1 heterocycles. The van der Waals surface area contributed by atoms with Crippen molar-refractivity contribution in [2.24, 2.45) is 0 Å². The highest BCUT2D eigenvalue weighted by molar-refractivity contribution is 5.91. The number of halogens is 2. The molecule has 0 aliphatic carbocycles. The Morgan fingerprint density at radius 3 is 2.55 bits per heavy atom. The van der Waals surface area contributed by atoms with Gasteiger partial charge in [0.15, 0.2) is 11.6 Å². The summed E-state index contributed by atoms with van der Waals surface area (Å²) in [7, 11) is 1.50. The molecule has 0 spiro atoms. The summed E-state index contributed by atoms with van der Waals surface area (Å²) >= 11 is 0. The smallest absolute Gasteiger partial charge is 0.273 e. The van der Waals surface area contributed by atoms with Gasteiger partial charge in [-0.2, -0.15) is 0 Å². The number of aryl methyl sites for hydroxylation is 1. The van der Waals surface area contributed by atoms with Gasteiger partial charge in [0.1, 0.15) is 12.2 Å². The van der Waals surface area contributed by atoms with Crippen LogP contribution in [0, 0.1) is 11.6 Å². The van der Waals surface area contributed by atoms with Crippen molar-refractivity contribution in [3.63, 3.8) is 0 Å². The molecule has 0 aliphatic rings. The van der Waals surface area contributed by atoms with Crippen LogP contribution in [-0.2, 0) is 22.6 Å². The molecular formula is C20H18F2N4O3. The van der Waals surface area contributed by atoms with Crippen LogP contribution in [0.2, 0.25) is 0 Å². The average molecular weight is 400 g/mol. The second-order valence-electron chi connectivity index (χ2n) is 6.29. The third kappa shape index (κ3) is 4.63. The van der Waals surface area contributed by atoms with Gasteiger partial charge in [-0.3, -0.25) is 19.0 Å². The van der Waals surface area contributed by atoms with E-state index in [-0.39, 0.29) is 36.7 Å². The first-order valence-corrected chi connectivity index (χ1v) is 8.83. The van der Waals surface area contributed by atoms with Crippen molar-refractivity contribution >= 4 is 28.5 Å². The van der Waals surface area contributed by atoms with Crippen molar-refractivity contribution in [1.82, 2.24) is 14.9 Å². The molecule has 2 amide bonds. The van der Waals surface area contributed by atoms with Gasteiger partial charge in [-0.1, -0.05) is 12.1 Å². The molecule has 9 heteroatoms. The van der Waals surface area contributed by atoms with Crippen molar-refractivity contribution < 1.29 is 18.4 Å². The van der Waals surface area contributed by atoms with Crippen LogP contribution in [0.3, 0.4) is 0 Å². The number of carbonyl (C=O) groups is 2. The fraction of sp³-hybridized carbons (Fsp3) is 0.200. The van der Waals surface area contributed by atoms with Crippen LogP contribution in [0.5, 0.6) is 0 Å². The van der Waals surface area contributed by atoms with E-state index in [1.807, 2.05) is 0 Å². The van der Waals surface area contributed by atoms with Crippen molar-refractivity contribution in [2.45, 2.75) is 19.4 Å². The van der Waals surface area contributed by atoms with Gasteiger partial charge in [-0.25, -0.2) is 13.8 Å². The van der Waals surface area contributed by atoms with Gasteiger partial charge < -0.3 is 10.6 Å². The Morgan fingerprint density at radius 1 is 1.07 bits per heavy atom. The Labute approximate surface area is 164 Å². The molecule has 0 saturated heterocycles. The van der Waals surface area contributed by atoms with Crippen LogP contribution in [0.15, 0.2) is 47.3 Å². The number of hydrogen-bond acceptors (Lipinski definition) is 4. The van der Waals surface area contributed by atoms with E-state index < -0.39 is 23.1 Å². The van der Waals surface area contributed by atoms with E-state index in [4.69, 9.17) is 0 Å². The number of fused-ring (bicyclic) bond motifs is 1. The number of benzene rings is 2. The normalized spacial score (nSPS) is 10.7. The average Bonchev–Trinajstić information content (AvgIpc) is 2.71. The first-order valence-electron chi connectivity index (χ1n) is 8.83. The molecule has 2 N–H and O–H groups in total. The maximum absolute atomic E-state index is 13.3. The largest absolute Gasteiger partial charge is 0.359 e. The quantitative estimate of drug-likeness (QED) is 0.662. The summed E-state index contributed by atoms with van der Waals surface area (Å²) in [5, 5.41) is 4.92. The number of rotatable bonds is 6. The molecule has 3 aromatic rings. The Kier molecular flexibility index (Phi) is 5.96. The second kappa shape index (κ2) is 8.59. The lowest BCUT2D eigenvalue weighted by atomic mass is 10.2. The minimum Gasteiger partial charge on any atom is -0.359 e. The van der Waals surface area contributed by atoms with Crippen molar-refractivity contribution in [2.75, 3.05) is 12.4 Å². The molecule has 0 radical (unpaired) electrons. The molecule has 0 atom stereocenters. The van der Waals surface area contributed by atoms with Gasteiger partial charge >= 0.3 is 0 Å². The zero-order valence-corrected chi connectivity index (χ0v) is 15.5. The van der Waals surface area contributed by atoms with Crippen LogP contribution in [0.1, 0.15) is 12.1 Å². The maximum Gasteiger partial charge on any atom is 0.273 e. The lowest BCUT2D eigenvalue weighted by Crippen LogP contribution is -2.31. The summed E-state index contributed by atoms with van der Waals surface area (Å²) in [5.74, 6) is -2.94. The minimum absolute atomic E-state index is 0.0696. The van der Waals surface area contributed by atoms with Gasteiger partial charge in [0.25, 0.3) is 5.56 Å². The summed E-state index contributed by atoms with van der Waals surface area (Å²) in [6, 6.07) is 9.77. The van der Waals surface area contributed by atoms with Gasteiger partial charge in [0.2, 0.25) is 11.8 Å². The van der Waals surface area contributed by atoms with Gasteiger partial charge in [-0.15, -0.1) is 0 Å². The number of nitrogens with zero attached hydrogens (tertiary/aromatic N) is 2. The van der Waals surface area contributed by atoms with Crippen LogP contribution in [0.4, 0.5) is 14.5 Å². The number of amides is 2. The van der Waals surface area contributed by atoms with E-state index in [9.17, 15) is 23.2 Å². The van der Waals surface area contributed by atoms with E-state index >= 15 is 0 Å². The van der Waals surface area contributed by atoms with Crippen molar-refractivity contribution in [3.05, 3.63) is 70.1 Å². The van der Waals surface area contributed by atoms with E-state index in [0.717, 1.165) is 12.1 Å². The zero-order chi connectivity index (χ0) is 21.0. The molecule has 3 rings (SSSR count). The molecule has 2 aromatic carbocycles. The third-order valence-corrected chi connectivity index (χ3v) is 4.29. The number of hydrogen-bond donors (Lipinski definition) is 2. The SMILES string of the molecule is CNC(=O)CCc1nc2ccccc2n(CC(=O)Nc2ccc(F)c(F)c2)c1=O. The van der Waals surface area contributed by atoms with Crippen LogP contribution < -0.4 is 16.2 Å². The molecule has 7 nitrogen and oxygen atoms in total. The highest BCUT2D eigenvalue weighted by Gasteiger charge is 2.15. The summed E-state index contributed by atoms with van der Waals surface area (Å²) in [5.41, 5.74) is 0.683. The summed E-state index contributed by atoms with van der Waals surface area (Å²) in [4.78, 5) is 41.1. The highest BCUT2D eigenvalue weighted by Crippen LogP contribution is 2.14. The van der Waals surface area contributed by atoms with Gasteiger partial charge in [-0.05, 0) is 24.3 Å². The molecule has 150 valence electrons. The molecule has 0 unspecified atom stereocenters. The molecule has 0 fully saturated rings. The topological polar surface area (TPSA) is 93.1 Å². The first kappa shape index (κ1) is 20.1. The predicted molar refractivity (Wildman–Crippen MR) is 103 cm³/mol. The standard InChI is InChI=1S/C20H18F2N4O3/c1-23-18(27)9-8-16-20(29)26(17-5-3-2-4-15(17)25-16)11-19(28)24-12-6-7-13(21)14(22)10-12/h2-7,10H,8-9,11H2,1H3,(H,23,27)(H,24,28). The van der Waals surface area contributed by atoms with Crippen LogP contribution >= 0.6 is 0 Å². The Bertz CT molecular complexity index is 1140. The molecule has 1 aromatic heterocycles. The molecule has 29 heavy (non-hydrogen) atoms. The summed E-state index contributed by atoms with van der Waals surface area (Å²) < 4.78 is 27.6. The summed E-state index contributed by atoms with van der Waals surface area (Å²) in [6.07, 6.45) is 0.201. The van der Waals surface area contributed by atoms with Crippen molar-refractivity contribution in [3.8, 4) is 0 Å². The predicted octanol–water partition coefficient (Wildman–Crippen LogP) is 1.99. The Hall–Kier alpha value is -3.62. The van der Waals surface area contributed by atoms with Crippen LogP contribution in [0.25, 0.3) is 11.0 Å². The fourth-order valence-electron chi connectivity index (χ4n) is 2.84. The lowest BCUT2D eigenvalue weighted by Gasteiger charge is -2.12. The molecule has 0 aliphatic heterocycles. The van der Waals surface area contributed by atoms with Gasteiger partial charge in [0.05, 0.1) is 11.0 Å². The fourth-order valence-corrected chi connectivity index (χ4v) is 2.84.